The lowest BCUT2D eigenvalue weighted by atomic mass is 9.96. The summed E-state index contributed by atoms with van der Waals surface area (Å²) >= 11 is 0. The van der Waals surface area contributed by atoms with Crippen LogP contribution in [0.15, 0.2) is 36.4 Å². The van der Waals surface area contributed by atoms with E-state index in [-0.39, 0.29) is 12.4 Å². The van der Waals surface area contributed by atoms with E-state index in [9.17, 15) is 9.18 Å². The number of carbonyl (C=O) groups is 1. The minimum absolute atomic E-state index is 0.115. The molecule has 0 fully saturated rings. The number of aryl methyl sites for hydroxylation is 1. The van der Waals surface area contributed by atoms with Crippen LogP contribution in [0.3, 0.4) is 0 Å². The quantitative estimate of drug-likeness (QED) is 0.875. The molecule has 4 heteroatoms. The van der Waals surface area contributed by atoms with Crippen molar-refractivity contribution in [1.82, 2.24) is 0 Å². The Kier molecular flexibility index (Phi) is 4.15. The van der Waals surface area contributed by atoms with Crippen molar-refractivity contribution < 1.29 is 19.0 Å². The standard InChI is InChI=1S/C16H15FO3/c1-10-6-14(16(19)20-2)13(8-15(10)17)12-5-3-4-11(7-12)9-18/h3-8,18H,9H2,1-2H3. The Morgan fingerprint density at radius 1 is 1.30 bits per heavy atom. The average Bonchev–Trinajstić information content (AvgIpc) is 2.48. The predicted molar refractivity (Wildman–Crippen MR) is 73.8 cm³/mol. The van der Waals surface area contributed by atoms with E-state index in [1.54, 1.807) is 31.2 Å². The van der Waals surface area contributed by atoms with Crippen LogP contribution in [-0.2, 0) is 11.3 Å². The number of rotatable bonds is 3. The molecule has 0 aliphatic heterocycles. The Morgan fingerprint density at radius 2 is 2.05 bits per heavy atom. The number of ether oxygens (including phenoxy) is 1. The Labute approximate surface area is 116 Å². The third-order valence-corrected chi connectivity index (χ3v) is 3.12. The Balaban J connectivity index is 2.64. The van der Waals surface area contributed by atoms with Crippen molar-refractivity contribution in [2.24, 2.45) is 0 Å². The molecular weight excluding hydrogens is 259 g/mol. The van der Waals surface area contributed by atoms with Crippen molar-refractivity contribution in [1.29, 1.82) is 0 Å². The van der Waals surface area contributed by atoms with Crippen LogP contribution in [0.25, 0.3) is 11.1 Å². The predicted octanol–water partition coefficient (Wildman–Crippen LogP) is 3.08. The van der Waals surface area contributed by atoms with E-state index in [1.165, 1.54) is 19.2 Å². The second-order valence-corrected chi connectivity index (χ2v) is 4.50. The molecule has 0 aromatic heterocycles. The fraction of sp³-hybridized carbons (Fsp3) is 0.188. The Bertz CT molecular complexity index is 650. The van der Waals surface area contributed by atoms with Crippen LogP contribution in [0, 0.1) is 12.7 Å². The van der Waals surface area contributed by atoms with Gasteiger partial charge in [0, 0.05) is 0 Å². The van der Waals surface area contributed by atoms with Gasteiger partial charge in [0.2, 0.25) is 0 Å². The average molecular weight is 274 g/mol. The number of hydrogen-bond acceptors (Lipinski definition) is 3. The topological polar surface area (TPSA) is 46.5 Å². The first-order valence-electron chi connectivity index (χ1n) is 6.15. The minimum atomic E-state index is -0.516. The number of aliphatic hydroxyl groups is 1. The monoisotopic (exact) mass is 274 g/mol. The molecule has 0 saturated heterocycles. The van der Waals surface area contributed by atoms with E-state index in [1.807, 2.05) is 0 Å². The molecular formula is C16H15FO3. The Morgan fingerprint density at radius 3 is 2.70 bits per heavy atom. The molecule has 20 heavy (non-hydrogen) atoms. The second-order valence-electron chi connectivity index (χ2n) is 4.50. The van der Waals surface area contributed by atoms with Crippen LogP contribution in [0.2, 0.25) is 0 Å². The highest BCUT2D eigenvalue weighted by Crippen LogP contribution is 2.28. The summed E-state index contributed by atoms with van der Waals surface area (Å²) in [6, 6.07) is 9.78. The maximum Gasteiger partial charge on any atom is 0.338 e. The number of esters is 1. The lowest BCUT2D eigenvalue weighted by Crippen LogP contribution is -2.05. The van der Waals surface area contributed by atoms with Crippen LogP contribution in [0.4, 0.5) is 4.39 Å². The molecule has 2 aromatic rings. The smallest absolute Gasteiger partial charge is 0.338 e. The van der Waals surface area contributed by atoms with E-state index in [0.29, 0.717) is 27.8 Å². The highest BCUT2D eigenvalue weighted by atomic mass is 19.1. The molecule has 2 rings (SSSR count). The molecule has 0 aliphatic carbocycles. The summed E-state index contributed by atoms with van der Waals surface area (Å²) in [6.07, 6.45) is 0. The zero-order valence-corrected chi connectivity index (χ0v) is 11.3. The van der Waals surface area contributed by atoms with E-state index < -0.39 is 5.97 Å². The highest BCUT2D eigenvalue weighted by Gasteiger charge is 2.16. The summed E-state index contributed by atoms with van der Waals surface area (Å²) in [7, 11) is 1.29. The SMILES string of the molecule is COC(=O)c1cc(C)c(F)cc1-c1cccc(CO)c1. The summed E-state index contributed by atoms with van der Waals surface area (Å²) in [6.45, 7) is 1.48. The van der Waals surface area contributed by atoms with Crippen LogP contribution in [0.1, 0.15) is 21.5 Å². The second kappa shape index (κ2) is 5.84. The van der Waals surface area contributed by atoms with Crippen molar-refractivity contribution >= 4 is 5.97 Å². The molecule has 0 unspecified atom stereocenters. The van der Waals surface area contributed by atoms with Gasteiger partial charge in [-0.15, -0.1) is 0 Å². The van der Waals surface area contributed by atoms with Gasteiger partial charge in [-0.05, 0) is 47.4 Å². The molecule has 0 saturated carbocycles. The molecule has 0 bridgehead atoms. The summed E-state index contributed by atoms with van der Waals surface area (Å²) in [5.41, 5.74) is 2.50. The molecule has 1 N–H and O–H groups in total. The van der Waals surface area contributed by atoms with Crippen LogP contribution < -0.4 is 0 Å². The normalized spacial score (nSPS) is 10.4. The third-order valence-electron chi connectivity index (χ3n) is 3.12. The molecule has 0 heterocycles. The summed E-state index contributed by atoms with van der Waals surface area (Å²) in [5, 5.41) is 9.17. The number of methoxy groups -OCH3 is 1. The van der Waals surface area contributed by atoms with Crippen molar-refractivity contribution in [3.8, 4) is 11.1 Å². The van der Waals surface area contributed by atoms with Gasteiger partial charge in [-0.2, -0.15) is 0 Å². The maximum atomic E-state index is 13.8. The number of carbonyl (C=O) groups excluding carboxylic acids is 1. The molecule has 0 aliphatic rings. The number of hydrogen-bond donors (Lipinski definition) is 1. The molecule has 3 nitrogen and oxygen atoms in total. The van der Waals surface area contributed by atoms with Crippen LogP contribution in [-0.4, -0.2) is 18.2 Å². The lowest BCUT2D eigenvalue weighted by molar-refractivity contribution is 0.0601. The number of benzene rings is 2. The van der Waals surface area contributed by atoms with Gasteiger partial charge in [0.25, 0.3) is 0 Å². The zero-order valence-electron chi connectivity index (χ0n) is 11.3. The largest absolute Gasteiger partial charge is 0.465 e. The first-order valence-corrected chi connectivity index (χ1v) is 6.15. The van der Waals surface area contributed by atoms with Gasteiger partial charge in [0.05, 0.1) is 19.3 Å². The maximum absolute atomic E-state index is 13.8. The molecule has 0 atom stereocenters. The van der Waals surface area contributed by atoms with Gasteiger partial charge in [-0.1, -0.05) is 18.2 Å². The molecule has 0 radical (unpaired) electrons. The fourth-order valence-electron chi connectivity index (χ4n) is 2.04. The van der Waals surface area contributed by atoms with Crippen LogP contribution >= 0.6 is 0 Å². The number of aliphatic hydroxyl groups excluding tert-OH is 1. The van der Waals surface area contributed by atoms with Gasteiger partial charge in [-0.25, -0.2) is 9.18 Å². The summed E-state index contributed by atoms with van der Waals surface area (Å²) in [5.74, 6) is -0.903. The number of halogens is 1. The van der Waals surface area contributed by atoms with E-state index in [4.69, 9.17) is 9.84 Å². The summed E-state index contributed by atoms with van der Waals surface area (Å²) in [4.78, 5) is 11.8. The van der Waals surface area contributed by atoms with Crippen molar-refractivity contribution in [2.75, 3.05) is 7.11 Å². The minimum Gasteiger partial charge on any atom is -0.465 e. The first kappa shape index (κ1) is 14.2. The van der Waals surface area contributed by atoms with Gasteiger partial charge < -0.3 is 9.84 Å². The van der Waals surface area contributed by atoms with Crippen LogP contribution in [0.5, 0.6) is 0 Å². The van der Waals surface area contributed by atoms with Gasteiger partial charge in [-0.3, -0.25) is 0 Å². The molecule has 0 amide bonds. The Hall–Kier alpha value is -2.20. The van der Waals surface area contributed by atoms with Crippen molar-refractivity contribution in [2.45, 2.75) is 13.5 Å². The zero-order chi connectivity index (χ0) is 14.7. The lowest BCUT2D eigenvalue weighted by Gasteiger charge is -2.11. The van der Waals surface area contributed by atoms with Crippen molar-refractivity contribution in [3.05, 3.63) is 58.9 Å². The highest BCUT2D eigenvalue weighted by molar-refractivity contribution is 5.97. The van der Waals surface area contributed by atoms with Gasteiger partial charge in [0.15, 0.2) is 0 Å². The van der Waals surface area contributed by atoms with E-state index in [2.05, 4.69) is 0 Å². The molecule has 104 valence electrons. The first-order chi connectivity index (χ1) is 9.56. The van der Waals surface area contributed by atoms with Crippen molar-refractivity contribution in [3.63, 3.8) is 0 Å². The molecule has 0 spiro atoms. The third kappa shape index (κ3) is 2.70. The van der Waals surface area contributed by atoms with Gasteiger partial charge >= 0.3 is 5.97 Å². The molecule has 2 aromatic carbocycles. The van der Waals surface area contributed by atoms with Gasteiger partial charge in [0.1, 0.15) is 5.82 Å². The fourth-order valence-corrected chi connectivity index (χ4v) is 2.04. The van der Waals surface area contributed by atoms with E-state index in [0.717, 1.165) is 0 Å². The van der Waals surface area contributed by atoms with E-state index >= 15 is 0 Å². The summed E-state index contributed by atoms with van der Waals surface area (Å²) < 4.78 is 18.5.